The molecule has 3 heterocycles. The van der Waals surface area contributed by atoms with Crippen molar-refractivity contribution in [1.82, 2.24) is 14.8 Å². The van der Waals surface area contributed by atoms with E-state index < -0.39 is 17.8 Å². The first-order valence-corrected chi connectivity index (χ1v) is 14.5. The van der Waals surface area contributed by atoms with Crippen LogP contribution in [-0.2, 0) is 17.6 Å². The molecule has 214 valence electrons. The van der Waals surface area contributed by atoms with Crippen LogP contribution in [0.25, 0.3) is 0 Å². The number of hydrogen-bond acceptors (Lipinski definition) is 6. The van der Waals surface area contributed by atoms with Gasteiger partial charge >= 0.3 is 5.97 Å². The largest absolute Gasteiger partial charge is 0.493 e. The van der Waals surface area contributed by atoms with Gasteiger partial charge in [-0.3, -0.25) is 9.69 Å². The first kappa shape index (κ1) is 29.3. The number of aliphatic carboxylic acids is 1. The molecule has 0 spiro atoms. The van der Waals surface area contributed by atoms with Crippen LogP contribution in [0.1, 0.15) is 87.2 Å². The van der Waals surface area contributed by atoms with Crippen molar-refractivity contribution < 1.29 is 19.0 Å². The predicted octanol–water partition coefficient (Wildman–Crippen LogP) is 5.64. The summed E-state index contributed by atoms with van der Waals surface area (Å²) in [4.78, 5) is 21.7. The number of methoxy groups -OCH3 is 1. The van der Waals surface area contributed by atoms with E-state index in [-0.39, 0.29) is 23.8 Å². The zero-order valence-electron chi connectivity index (χ0n) is 24.2. The quantitative estimate of drug-likeness (QED) is 0.337. The summed E-state index contributed by atoms with van der Waals surface area (Å²) in [6, 6.07) is 6.95. The number of ether oxygens (including phenoxy) is 1. The van der Waals surface area contributed by atoms with Crippen molar-refractivity contribution in [2.45, 2.75) is 89.8 Å². The lowest BCUT2D eigenvalue weighted by Crippen LogP contribution is -2.44. The number of likely N-dealkylation sites (tertiary alicyclic amines) is 1. The van der Waals surface area contributed by atoms with Gasteiger partial charge in [0.05, 0.1) is 7.11 Å². The molecule has 1 aromatic carbocycles. The monoisotopic (exact) mass is 540 g/mol. The summed E-state index contributed by atoms with van der Waals surface area (Å²) in [7, 11) is 3.54. The molecule has 0 aliphatic carbocycles. The molecular weight excluding hydrogens is 495 g/mol. The number of anilines is 1. The summed E-state index contributed by atoms with van der Waals surface area (Å²) < 4.78 is 20.3. The van der Waals surface area contributed by atoms with Crippen molar-refractivity contribution in [3.8, 4) is 5.75 Å². The van der Waals surface area contributed by atoms with E-state index >= 15 is 0 Å². The molecule has 8 heteroatoms. The normalized spacial score (nSPS) is 20.2. The summed E-state index contributed by atoms with van der Waals surface area (Å²) >= 11 is 0. The highest BCUT2D eigenvalue weighted by atomic mass is 19.1. The smallest absolute Gasteiger partial charge is 0.325 e. The number of carboxylic acid groups (broad SMARTS) is 1. The molecule has 2 unspecified atom stereocenters. The molecule has 3 atom stereocenters. The number of aryl methyl sites for hydroxylation is 2. The van der Waals surface area contributed by atoms with Gasteiger partial charge in [-0.25, -0.2) is 9.37 Å². The average Bonchev–Trinajstić information content (AvgIpc) is 3.28. The highest BCUT2D eigenvalue weighted by Gasteiger charge is 2.42. The third-order valence-electron chi connectivity index (χ3n) is 8.55. The lowest BCUT2D eigenvalue weighted by atomic mass is 9.95. The number of halogens is 1. The molecule has 0 amide bonds. The minimum absolute atomic E-state index is 0.0127. The first-order valence-electron chi connectivity index (χ1n) is 14.5. The molecule has 1 fully saturated rings. The van der Waals surface area contributed by atoms with Crippen LogP contribution in [0.2, 0.25) is 0 Å². The van der Waals surface area contributed by atoms with Gasteiger partial charge in [-0.15, -0.1) is 0 Å². The van der Waals surface area contributed by atoms with Crippen LogP contribution in [0.4, 0.5) is 10.2 Å². The molecular formula is C31H45FN4O3. The number of nitrogens with zero attached hydrogens (tertiary/aromatic N) is 3. The Morgan fingerprint density at radius 2 is 2.08 bits per heavy atom. The van der Waals surface area contributed by atoms with Gasteiger partial charge in [0, 0.05) is 36.4 Å². The van der Waals surface area contributed by atoms with Crippen molar-refractivity contribution in [2.75, 3.05) is 39.1 Å². The van der Waals surface area contributed by atoms with Crippen LogP contribution >= 0.6 is 0 Å². The van der Waals surface area contributed by atoms with Crippen molar-refractivity contribution in [1.29, 1.82) is 0 Å². The van der Waals surface area contributed by atoms with E-state index in [9.17, 15) is 14.3 Å². The van der Waals surface area contributed by atoms with Gasteiger partial charge in [-0.1, -0.05) is 26.3 Å². The number of aromatic nitrogens is 1. The standard InChI is InChI=1S/C31H45FN4O3/c1-20(2)23-18-25(29(39-5)26(32)19-23)28(31(37)38)36-17-14-27(21(36)3)35(4)16-8-6-7-11-24-13-12-22-10-9-15-33-30(22)34-24/h12-13,18-21,27-28H,6-11,14-17H2,1-5H3,(H,33,34)(H,37,38)/t21-,27?,28?/m1/s1. The number of pyridine rings is 1. The molecule has 0 bridgehead atoms. The lowest BCUT2D eigenvalue weighted by Gasteiger charge is -2.34. The highest BCUT2D eigenvalue weighted by Crippen LogP contribution is 2.39. The molecule has 7 nitrogen and oxygen atoms in total. The van der Waals surface area contributed by atoms with Gasteiger partial charge in [0.25, 0.3) is 0 Å². The molecule has 2 N–H and O–H groups in total. The van der Waals surface area contributed by atoms with Gasteiger partial charge in [-0.2, -0.15) is 0 Å². The second kappa shape index (κ2) is 13.1. The number of hydrogen-bond donors (Lipinski definition) is 2. The van der Waals surface area contributed by atoms with Crippen molar-refractivity contribution in [2.24, 2.45) is 0 Å². The second-order valence-electron chi connectivity index (χ2n) is 11.5. The fraction of sp³-hybridized carbons (Fsp3) is 0.613. The minimum atomic E-state index is -0.977. The molecule has 1 aromatic heterocycles. The maximum atomic E-state index is 14.9. The van der Waals surface area contributed by atoms with Gasteiger partial charge < -0.3 is 20.1 Å². The fourth-order valence-electron chi connectivity index (χ4n) is 6.26. The maximum Gasteiger partial charge on any atom is 0.325 e. The van der Waals surface area contributed by atoms with Crippen LogP contribution in [0.5, 0.6) is 5.75 Å². The van der Waals surface area contributed by atoms with E-state index in [1.807, 2.05) is 24.8 Å². The number of fused-ring (bicyclic) bond motifs is 1. The zero-order chi connectivity index (χ0) is 28.1. The van der Waals surface area contributed by atoms with Crippen molar-refractivity contribution >= 4 is 11.8 Å². The van der Waals surface area contributed by atoms with Crippen molar-refractivity contribution in [3.63, 3.8) is 0 Å². The molecule has 2 aliphatic heterocycles. The van der Waals surface area contributed by atoms with E-state index in [2.05, 4.69) is 36.3 Å². The lowest BCUT2D eigenvalue weighted by molar-refractivity contribution is -0.144. The Balaban J connectivity index is 1.33. The van der Waals surface area contributed by atoms with Crippen LogP contribution in [0.15, 0.2) is 24.3 Å². The number of carboxylic acids is 1. The number of benzene rings is 1. The summed E-state index contributed by atoms with van der Waals surface area (Å²) in [6.45, 7) is 8.65. The Labute approximate surface area is 232 Å². The number of carbonyl (C=O) groups is 1. The predicted molar refractivity (Wildman–Crippen MR) is 153 cm³/mol. The molecule has 4 rings (SSSR count). The molecule has 2 aliphatic rings. The maximum absolute atomic E-state index is 14.9. The summed E-state index contributed by atoms with van der Waals surface area (Å²) in [6.07, 6.45) is 7.46. The van der Waals surface area contributed by atoms with Crippen LogP contribution in [0, 0.1) is 5.82 Å². The Morgan fingerprint density at radius 1 is 1.28 bits per heavy atom. The number of unbranched alkanes of at least 4 members (excludes halogenated alkanes) is 2. The Morgan fingerprint density at radius 3 is 2.79 bits per heavy atom. The third kappa shape index (κ3) is 6.72. The number of nitrogens with one attached hydrogen (secondary N) is 1. The molecule has 0 radical (unpaired) electrons. The van der Waals surface area contributed by atoms with Gasteiger partial charge in [0.2, 0.25) is 0 Å². The van der Waals surface area contributed by atoms with E-state index in [0.717, 1.165) is 68.7 Å². The van der Waals surface area contributed by atoms with Crippen LogP contribution in [0.3, 0.4) is 0 Å². The Hall–Kier alpha value is -2.71. The molecule has 1 saturated heterocycles. The first-order chi connectivity index (χ1) is 18.7. The molecule has 2 aromatic rings. The summed E-state index contributed by atoms with van der Waals surface area (Å²) in [5.74, 6) is -0.315. The Kier molecular flexibility index (Phi) is 9.83. The van der Waals surface area contributed by atoms with Crippen molar-refractivity contribution in [3.05, 3.63) is 52.5 Å². The molecule has 0 saturated carbocycles. The third-order valence-corrected chi connectivity index (χ3v) is 8.55. The Bertz CT molecular complexity index is 1140. The van der Waals surface area contributed by atoms with E-state index in [1.54, 1.807) is 0 Å². The fourth-order valence-corrected chi connectivity index (χ4v) is 6.26. The number of likely N-dealkylation sites (N-methyl/N-ethyl adjacent to an activating group) is 1. The summed E-state index contributed by atoms with van der Waals surface area (Å²) in [5.41, 5.74) is 3.66. The van der Waals surface area contributed by atoms with Gasteiger partial charge in [-0.05, 0) is 94.3 Å². The van der Waals surface area contributed by atoms with E-state index in [1.165, 1.54) is 25.2 Å². The van der Waals surface area contributed by atoms with E-state index in [4.69, 9.17) is 9.72 Å². The highest BCUT2D eigenvalue weighted by molar-refractivity contribution is 5.77. The topological polar surface area (TPSA) is 77.9 Å². The molecule has 39 heavy (non-hydrogen) atoms. The SMILES string of the molecule is COc1c(F)cc(C(C)C)cc1C(C(=O)O)N1CCC(N(C)CCCCCc2ccc3c(n2)NCCC3)[C@H]1C. The number of rotatable bonds is 12. The van der Waals surface area contributed by atoms with Gasteiger partial charge in [0.15, 0.2) is 11.6 Å². The second-order valence-corrected chi connectivity index (χ2v) is 11.5. The average molecular weight is 541 g/mol. The van der Waals surface area contributed by atoms with Crippen LogP contribution in [-0.4, -0.2) is 71.7 Å². The van der Waals surface area contributed by atoms with Crippen LogP contribution < -0.4 is 10.1 Å². The zero-order valence-corrected chi connectivity index (χ0v) is 24.2. The minimum Gasteiger partial charge on any atom is -0.493 e. The van der Waals surface area contributed by atoms with E-state index in [0.29, 0.717) is 12.1 Å². The summed E-state index contributed by atoms with van der Waals surface area (Å²) in [5, 5.41) is 13.7. The van der Waals surface area contributed by atoms with Gasteiger partial charge in [0.1, 0.15) is 11.9 Å².